The van der Waals surface area contributed by atoms with Gasteiger partial charge in [-0.3, -0.25) is 0 Å². The van der Waals surface area contributed by atoms with Crippen molar-refractivity contribution in [3.05, 3.63) is 30.3 Å². The van der Waals surface area contributed by atoms with E-state index in [0.29, 0.717) is 25.4 Å². The maximum atomic E-state index is 12.4. The molecule has 1 fully saturated rings. The molecule has 0 saturated carbocycles. The number of amides is 2. The lowest BCUT2D eigenvalue weighted by Gasteiger charge is -2.36. The number of urea groups is 1. The third-order valence-electron chi connectivity index (χ3n) is 4.18. The summed E-state index contributed by atoms with van der Waals surface area (Å²) in [4.78, 5) is 28.3. The van der Waals surface area contributed by atoms with Crippen LogP contribution in [0.1, 0.15) is 20.3 Å². The van der Waals surface area contributed by atoms with Gasteiger partial charge < -0.3 is 19.9 Å². The lowest BCUT2D eigenvalue weighted by atomic mass is 10.0. The lowest BCUT2D eigenvalue weighted by Crippen LogP contribution is -2.55. The fourth-order valence-corrected chi connectivity index (χ4v) is 2.87. The highest BCUT2D eigenvalue weighted by molar-refractivity contribution is 5.83. The van der Waals surface area contributed by atoms with E-state index in [9.17, 15) is 9.59 Å². The van der Waals surface area contributed by atoms with Gasteiger partial charge in [-0.05, 0) is 24.5 Å². The second-order valence-electron chi connectivity index (χ2n) is 6.46. The van der Waals surface area contributed by atoms with Crippen molar-refractivity contribution in [3.8, 4) is 0 Å². The number of para-hydroxylation sites is 1. The topological polar surface area (TPSA) is 61.9 Å². The Kier molecular flexibility index (Phi) is 6.46. The zero-order valence-corrected chi connectivity index (χ0v) is 14.7. The molecular weight excluding hydrogens is 306 g/mol. The Morgan fingerprint density at radius 2 is 1.75 bits per heavy atom. The molecule has 1 aliphatic heterocycles. The van der Waals surface area contributed by atoms with Gasteiger partial charge in [0.2, 0.25) is 0 Å². The van der Waals surface area contributed by atoms with Crippen molar-refractivity contribution >= 4 is 17.7 Å². The first-order chi connectivity index (χ1) is 11.5. The Morgan fingerprint density at radius 1 is 1.12 bits per heavy atom. The van der Waals surface area contributed by atoms with Gasteiger partial charge in [-0.15, -0.1) is 0 Å². The molecule has 1 unspecified atom stereocenters. The number of anilines is 1. The van der Waals surface area contributed by atoms with Gasteiger partial charge >= 0.3 is 12.0 Å². The summed E-state index contributed by atoms with van der Waals surface area (Å²) in [6.07, 6.45) is 0.572. The number of ether oxygens (including phenoxy) is 1. The Morgan fingerprint density at radius 3 is 2.29 bits per heavy atom. The number of benzene rings is 1. The Balaban J connectivity index is 1.88. The minimum atomic E-state index is -0.588. The molecule has 0 spiro atoms. The number of piperazine rings is 1. The third kappa shape index (κ3) is 4.88. The number of hydrogen-bond donors (Lipinski definition) is 1. The van der Waals surface area contributed by atoms with E-state index in [0.717, 1.165) is 13.1 Å². The highest BCUT2D eigenvalue weighted by Crippen LogP contribution is 2.16. The van der Waals surface area contributed by atoms with Crippen LogP contribution in [0.25, 0.3) is 0 Å². The zero-order valence-electron chi connectivity index (χ0n) is 14.7. The fourth-order valence-electron chi connectivity index (χ4n) is 2.87. The van der Waals surface area contributed by atoms with Crippen molar-refractivity contribution in [1.29, 1.82) is 0 Å². The summed E-state index contributed by atoms with van der Waals surface area (Å²) in [7, 11) is 1.35. The molecule has 0 aliphatic carbocycles. The smallest absolute Gasteiger partial charge is 0.328 e. The van der Waals surface area contributed by atoms with E-state index in [1.54, 1.807) is 4.90 Å². The van der Waals surface area contributed by atoms with E-state index in [1.165, 1.54) is 12.8 Å². The van der Waals surface area contributed by atoms with Crippen LogP contribution in [0, 0.1) is 5.92 Å². The molecule has 1 aliphatic rings. The van der Waals surface area contributed by atoms with Gasteiger partial charge in [-0.25, -0.2) is 9.59 Å². The van der Waals surface area contributed by atoms with Crippen LogP contribution in [0.5, 0.6) is 0 Å². The average molecular weight is 333 g/mol. The molecule has 6 nitrogen and oxygen atoms in total. The van der Waals surface area contributed by atoms with Gasteiger partial charge in [0.05, 0.1) is 7.11 Å². The van der Waals surface area contributed by atoms with E-state index in [4.69, 9.17) is 4.74 Å². The summed E-state index contributed by atoms with van der Waals surface area (Å²) in [5.41, 5.74) is 1.17. The Hall–Kier alpha value is -2.24. The van der Waals surface area contributed by atoms with Gasteiger partial charge in [-0.1, -0.05) is 32.0 Å². The number of hydrogen-bond acceptors (Lipinski definition) is 4. The summed E-state index contributed by atoms with van der Waals surface area (Å²) in [5, 5.41) is 2.82. The molecule has 0 aromatic heterocycles. The summed E-state index contributed by atoms with van der Waals surface area (Å²) in [6.45, 7) is 6.86. The van der Waals surface area contributed by atoms with Crippen molar-refractivity contribution in [3.63, 3.8) is 0 Å². The second-order valence-corrected chi connectivity index (χ2v) is 6.46. The molecule has 0 radical (unpaired) electrons. The van der Waals surface area contributed by atoms with Crippen LogP contribution in [0.15, 0.2) is 30.3 Å². The highest BCUT2D eigenvalue weighted by Gasteiger charge is 2.27. The van der Waals surface area contributed by atoms with Crippen LogP contribution in [0.2, 0.25) is 0 Å². The number of rotatable bonds is 5. The molecule has 132 valence electrons. The number of nitrogens with one attached hydrogen (secondary N) is 1. The summed E-state index contributed by atoms with van der Waals surface area (Å²) >= 11 is 0. The molecular formula is C18H27N3O3. The van der Waals surface area contributed by atoms with Gasteiger partial charge in [-0.2, -0.15) is 0 Å². The van der Waals surface area contributed by atoms with E-state index < -0.39 is 6.04 Å². The maximum absolute atomic E-state index is 12.4. The van der Waals surface area contributed by atoms with Crippen molar-refractivity contribution in [2.45, 2.75) is 26.3 Å². The van der Waals surface area contributed by atoms with Crippen LogP contribution in [-0.2, 0) is 9.53 Å². The van der Waals surface area contributed by atoms with Gasteiger partial charge in [0.25, 0.3) is 0 Å². The third-order valence-corrected chi connectivity index (χ3v) is 4.18. The Bertz CT molecular complexity index is 540. The van der Waals surface area contributed by atoms with Gasteiger partial charge in [0.1, 0.15) is 6.04 Å². The van der Waals surface area contributed by atoms with Crippen molar-refractivity contribution in [1.82, 2.24) is 10.2 Å². The predicted molar refractivity (Wildman–Crippen MR) is 94.0 cm³/mol. The molecule has 1 heterocycles. The number of methoxy groups -OCH3 is 1. The second kappa shape index (κ2) is 8.57. The van der Waals surface area contributed by atoms with Crippen molar-refractivity contribution in [2.24, 2.45) is 5.92 Å². The zero-order chi connectivity index (χ0) is 17.5. The summed E-state index contributed by atoms with van der Waals surface area (Å²) < 4.78 is 4.80. The predicted octanol–water partition coefficient (Wildman–Crippen LogP) is 2.11. The molecule has 6 heteroatoms. The highest BCUT2D eigenvalue weighted by atomic mass is 16.5. The SMILES string of the molecule is COC(=O)C(CC(C)C)NC(=O)N1CCN(c2ccccc2)CC1. The first-order valence-corrected chi connectivity index (χ1v) is 8.44. The molecule has 1 aromatic rings. The minimum Gasteiger partial charge on any atom is -0.467 e. The van der Waals surface area contributed by atoms with Crippen LogP contribution in [0.3, 0.4) is 0 Å². The number of nitrogens with zero attached hydrogens (tertiary/aromatic N) is 2. The first-order valence-electron chi connectivity index (χ1n) is 8.44. The van der Waals surface area contributed by atoms with E-state index >= 15 is 0 Å². The van der Waals surface area contributed by atoms with Gasteiger partial charge in [0.15, 0.2) is 0 Å². The van der Waals surface area contributed by atoms with Gasteiger partial charge in [0, 0.05) is 31.9 Å². The fraction of sp³-hybridized carbons (Fsp3) is 0.556. The molecule has 1 atom stereocenters. The van der Waals surface area contributed by atoms with Crippen molar-refractivity contribution in [2.75, 3.05) is 38.2 Å². The Labute approximate surface area is 143 Å². The summed E-state index contributed by atoms with van der Waals surface area (Å²) in [5.74, 6) is -0.0932. The van der Waals surface area contributed by atoms with Crippen LogP contribution in [0.4, 0.5) is 10.5 Å². The number of carbonyl (C=O) groups excluding carboxylic acids is 2. The normalized spacial score (nSPS) is 16.0. The van der Waals surface area contributed by atoms with E-state index in [2.05, 4.69) is 22.3 Å². The standard InChI is InChI=1S/C18H27N3O3/c1-14(2)13-16(17(22)24-3)19-18(23)21-11-9-20(10-12-21)15-7-5-4-6-8-15/h4-8,14,16H,9-13H2,1-3H3,(H,19,23). The summed E-state index contributed by atoms with van der Waals surface area (Å²) in [6, 6.07) is 9.39. The maximum Gasteiger partial charge on any atom is 0.328 e. The van der Waals surface area contributed by atoms with Crippen LogP contribution >= 0.6 is 0 Å². The molecule has 0 bridgehead atoms. The molecule has 1 saturated heterocycles. The minimum absolute atomic E-state index is 0.196. The quantitative estimate of drug-likeness (QED) is 0.838. The molecule has 2 amide bonds. The first kappa shape index (κ1) is 18.1. The van der Waals surface area contributed by atoms with E-state index in [-0.39, 0.29) is 12.0 Å². The largest absolute Gasteiger partial charge is 0.467 e. The molecule has 2 rings (SSSR count). The number of carbonyl (C=O) groups is 2. The van der Waals surface area contributed by atoms with Crippen LogP contribution < -0.4 is 10.2 Å². The van der Waals surface area contributed by atoms with Crippen LogP contribution in [-0.4, -0.2) is 56.2 Å². The molecule has 1 aromatic carbocycles. The lowest BCUT2D eigenvalue weighted by molar-refractivity contribution is -0.143. The monoisotopic (exact) mass is 333 g/mol. The average Bonchev–Trinajstić information content (AvgIpc) is 2.61. The van der Waals surface area contributed by atoms with E-state index in [1.807, 2.05) is 32.0 Å². The number of esters is 1. The molecule has 24 heavy (non-hydrogen) atoms. The molecule has 1 N–H and O–H groups in total. The van der Waals surface area contributed by atoms with Crippen molar-refractivity contribution < 1.29 is 14.3 Å².